The minimum absolute atomic E-state index is 0.0569. The maximum absolute atomic E-state index is 13.1. The van der Waals surface area contributed by atoms with E-state index in [0.29, 0.717) is 49.8 Å². The van der Waals surface area contributed by atoms with E-state index in [-0.39, 0.29) is 34.9 Å². The molecule has 1 aliphatic carbocycles. The van der Waals surface area contributed by atoms with Crippen molar-refractivity contribution >= 4 is 17.9 Å². The Balaban J connectivity index is 1.43. The highest BCUT2D eigenvalue weighted by molar-refractivity contribution is 5.92. The summed E-state index contributed by atoms with van der Waals surface area (Å²) in [4.78, 5) is 43.9. The van der Waals surface area contributed by atoms with E-state index in [2.05, 4.69) is 20.8 Å². The van der Waals surface area contributed by atoms with Gasteiger partial charge in [-0.15, -0.1) is 0 Å². The molecule has 1 aliphatic heterocycles. The number of carboxylic acid groups (broad SMARTS) is 1. The van der Waals surface area contributed by atoms with Gasteiger partial charge in [-0.25, -0.2) is 9.59 Å². The highest BCUT2D eigenvalue weighted by atomic mass is 16.5. The topological polar surface area (TPSA) is 138 Å². The van der Waals surface area contributed by atoms with Crippen molar-refractivity contribution in [1.29, 1.82) is 0 Å². The number of fused-ring (bicyclic) bond motifs is 1. The van der Waals surface area contributed by atoms with Crippen LogP contribution in [0.2, 0.25) is 0 Å². The van der Waals surface area contributed by atoms with Gasteiger partial charge in [-0.2, -0.15) is 4.98 Å². The number of carbonyl (C=O) groups is 3. The van der Waals surface area contributed by atoms with Crippen LogP contribution in [0, 0.1) is 19.8 Å². The molecule has 0 saturated heterocycles. The Kier molecular flexibility index (Phi) is 7.12. The summed E-state index contributed by atoms with van der Waals surface area (Å²) in [5.74, 6) is -0.242. The van der Waals surface area contributed by atoms with E-state index in [1.165, 1.54) is 0 Å². The Morgan fingerprint density at radius 1 is 1.10 bits per heavy atom. The molecule has 2 aliphatic rings. The van der Waals surface area contributed by atoms with E-state index in [9.17, 15) is 19.5 Å². The third-order valence-corrected chi connectivity index (χ3v) is 7.57. The lowest BCUT2D eigenvalue weighted by Crippen LogP contribution is -2.50. The number of amides is 3. The molecule has 2 atom stereocenters. The summed E-state index contributed by atoms with van der Waals surface area (Å²) >= 11 is 0. The monoisotopic (exact) mass is 545 g/mol. The van der Waals surface area contributed by atoms with Crippen molar-refractivity contribution in [3.8, 4) is 11.1 Å². The number of hydrogen-bond acceptors (Lipinski definition) is 6. The Bertz CT molecular complexity index is 1490. The van der Waals surface area contributed by atoms with E-state index >= 15 is 0 Å². The number of aromatic carboxylic acids is 1. The fourth-order valence-corrected chi connectivity index (χ4v) is 5.43. The summed E-state index contributed by atoms with van der Waals surface area (Å²) in [5.41, 5.74) is 5.38. The lowest BCUT2D eigenvalue weighted by atomic mass is 9.85. The lowest BCUT2D eigenvalue weighted by Gasteiger charge is -2.34. The molecule has 2 aromatic carbocycles. The van der Waals surface area contributed by atoms with Crippen LogP contribution in [0.4, 0.5) is 4.79 Å². The molecule has 3 aromatic rings. The van der Waals surface area contributed by atoms with E-state index in [4.69, 9.17) is 4.52 Å². The molecule has 210 valence electrons. The van der Waals surface area contributed by atoms with Gasteiger partial charge in [-0.05, 0) is 86.9 Å². The van der Waals surface area contributed by atoms with Crippen LogP contribution in [0.5, 0.6) is 0 Å². The van der Waals surface area contributed by atoms with Gasteiger partial charge < -0.3 is 25.2 Å². The second kappa shape index (κ2) is 10.4. The van der Waals surface area contributed by atoms with Crippen LogP contribution in [0.15, 0.2) is 34.9 Å². The van der Waals surface area contributed by atoms with Crippen molar-refractivity contribution in [2.45, 2.75) is 72.0 Å². The molecule has 40 heavy (non-hydrogen) atoms. The molecule has 0 unspecified atom stereocenters. The first-order valence-electron chi connectivity index (χ1n) is 13.5. The molecule has 10 heteroatoms. The number of aromatic nitrogens is 2. The zero-order valence-corrected chi connectivity index (χ0v) is 23.5. The number of benzene rings is 2. The third-order valence-electron chi connectivity index (χ3n) is 7.57. The van der Waals surface area contributed by atoms with Crippen molar-refractivity contribution < 1.29 is 24.0 Å². The number of urea groups is 1. The fourth-order valence-electron chi connectivity index (χ4n) is 5.43. The molecular formula is C30H35N5O5. The number of carbonyl (C=O) groups excluding carboxylic acids is 2. The molecule has 1 saturated carbocycles. The van der Waals surface area contributed by atoms with Crippen LogP contribution in [0.25, 0.3) is 11.1 Å². The summed E-state index contributed by atoms with van der Waals surface area (Å²) in [5, 5.41) is 19.6. The number of nitrogens with zero attached hydrogens (tertiary/aromatic N) is 3. The van der Waals surface area contributed by atoms with Crippen molar-refractivity contribution in [1.82, 2.24) is 25.7 Å². The molecule has 10 nitrogen and oxygen atoms in total. The van der Waals surface area contributed by atoms with Crippen LogP contribution in [0.3, 0.4) is 0 Å². The molecule has 0 spiro atoms. The number of carboxylic acids is 1. The van der Waals surface area contributed by atoms with Gasteiger partial charge in [0.25, 0.3) is 0 Å². The van der Waals surface area contributed by atoms with E-state index in [1.807, 2.05) is 45.9 Å². The second-order valence-corrected chi connectivity index (χ2v) is 11.7. The summed E-state index contributed by atoms with van der Waals surface area (Å²) in [6, 6.07) is 9.13. The SMILES string of the molecule is Cc1noc([C@H]2C[C@H]2C(=O)NCc2ccc(-c3cccc(C(=O)O)c3C)c3c2CN(C(=O)NC(C)(C)C)CC3)n1. The largest absolute Gasteiger partial charge is 0.478 e. The highest BCUT2D eigenvalue weighted by Crippen LogP contribution is 2.47. The van der Waals surface area contributed by atoms with E-state index in [1.54, 1.807) is 24.0 Å². The standard InChI is InChI=1S/C30H35N5O5/c1-16-19(7-6-8-20(16)28(37)38)21-10-9-18(14-31-26(36)23-13-24(23)27-32-17(2)34-40-27)25-15-35(12-11-22(21)25)29(39)33-30(3,4)5/h6-10,23-24H,11-15H2,1-5H3,(H,31,36)(H,33,39)(H,37,38)/t23-,24+/m1/s1. The highest BCUT2D eigenvalue weighted by Gasteiger charge is 2.47. The maximum Gasteiger partial charge on any atom is 0.335 e. The third kappa shape index (κ3) is 5.57. The van der Waals surface area contributed by atoms with Crippen LogP contribution < -0.4 is 10.6 Å². The molecule has 2 heterocycles. The maximum atomic E-state index is 13.1. The molecule has 5 rings (SSSR count). The van der Waals surface area contributed by atoms with Gasteiger partial charge >= 0.3 is 12.0 Å². The van der Waals surface area contributed by atoms with Gasteiger partial charge in [0.1, 0.15) is 0 Å². The first-order valence-corrected chi connectivity index (χ1v) is 13.5. The molecule has 0 radical (unpaired) electrons. The zero-order chi connectivity index (χ0) is 28.8. The van der Waals surface area contributed by atoms with Crippen LogP contribution in [0.1, 0.15) is 77.4 Å². The summed E-state index contributed by atoms with van der Waals surface area (Å²) in [7, 11) is 0. The van der Waals surface area contributed by atoms with E-state index in [0.717, 1.165) is 27.8 Å². The molecule has 1 aromatic heterocycles. The smallest absolute Gasteiger partial charge is 0.335 e. The van der Waals surface area contributed by atoms with Gasteiger partial charge in [0.2, 0.25) is 11.8 Å². The van der Waals surface area contributed by atoms with Gasteiger partial charge in [-0.3, -0.25) is 4.79 Å². The van der Waals surface area contributed by atoms with Crippen LogP contribution in [-0.4, -0.2) is 50.1 Å². The average Bonchev–Trinajstić information content (AvgIpc) is 3.58. The Labute approximate surface area is 233 Å². The van der Waals surface area contributed by atoms with Gasteiger partial charge in [0.15, 0.2) is 5.82 Å². The lowest BCUT2D eigenvalue weighted by molar-refractivity contribution is -0.122. The molecule has 1 fully saturated rings. The Morgan fingerprint density at radius 3 is 2.55 bits per heavy atom. The van der Waals surface area contributed by atoms with Crippen molar-refractivity contribution in [3.63, 3.8) is 0 Å². The average molecular weight is 546 g/mol. The number of nitrogens with one attached hydrogen (secondary N) is 2. The van der Waals surface area contributed by atoms with Crippen LogP contribution in [-0.2, 0) is 24.3 Å². The molecule has 3 amide bonds. The van der Waals surface area contributed by atoms with Gasteiger partial charge in [0, 0.05) is 25.2 Å². The quantitative estimate of drug-likeness (QED) is 0.419. The summed E-state index contributed by atoms with van der Waals surface area (Å²) < 4.78 is 5.24. The van der Waals surface area contributed by atoms with Gasteiger partial charge in [0.05, 0.1) is 17.4 Å². The molecule has 0 bridgehead atoms. The van der Waals surface area contributed by atoms with Crippen molar-refractivity contribution in [3.05, 3.63) is 69.9 Å². The predicted molar refractivity (Wildman–Crippen MR) is 148 cm³/mol. The van der Waals surface area contributed by atoms with Crippen molar-refractivity contribution in [2.24, 2.45) is 5.92 Å². The van der Waals surface area contributed by atoms with Gasteiger partial charge in [-0.1, -0.05) is 29.4 Å². The van der Waals surface area contributed by atoms with Crippen LogP contribution >= 0.6 is 0 Å². The Hall–Kier alpha value is -4.21. The Morgan fingerprint density at radius 2 is 1.88 bits per heavy atom. The second-order valence-electron chi connectivity index (χ2n) is 11.7. The first-order chi connectivity index (χ1) is 18.9. The molecular weight excluding hydrogens is 510 g/mol. The predicted octanol–water partition coefficient (Wildman–Crippen LogP) is 4.34. The number of rotatable bonds is 6. The minimum Gasteiger partial charge on any atom is -0.478 e. The normalized spacial score (nSPS) is 18.2. The summed E-state index contributed by atoms with van der Waals surface area (Å²) in [6.45, 7) is 10.6. The summed E-state index contributed by atoms with van der Waals surface area (Å²) in [6.07, 6.45) is 1.28. The fraction of sp³-hybridized carbons (Fsp3) is 0.433. The first kappa shape index (κ1) is 27.4. The number of hydrogen-bond donors (Lipinski definition) is 3. The number of aryl methyl sites for hydroxylation is 1. The zero-order valence-electron chi connectivity index (χ0n) is 23.5. The minimum atomic E-state index is -0.966. The molecule has 3 N–H and O–H groups in total. The van der Waals surface area contributed by atoms with E-state index < -0.39 is 5.97 Å². The van der Waals surface area contributed by atoms with Crippen molar-refractivity contribution in [2.75, 3.05) is 6.54 Å².